The minimum atomic E-state index is 0.373. The van der Waals surface area contributed by atoms with E-state index in [9.17, 15) is 4.79 Å². The molecule has 0 aliphatic carbocycles. The second kappa shape index (κ2) is 3.31. The molecule has 3 nitrogen and oxygen atoms in total. The second-order valence-corrected chi connectivity index (χ2v) is 2.23. The van der Waals surface area contributed by atoms with Crippen molar-refractivity contribution >= 4 is 22.4 Å². The Morgan fingerprint density at radius 2 is 2.50 bits per heavy atom. The van der Waals surface area contributed by atoms with E-state index < -0.39 is 0 Å². The molecule has 0 fully saturated rings. The van der Waals surface area contributed by atoms with E-state index in [1.54, 1.807) is 18.3 Å². The highest BCUT2D eigenvalue weighted by atomic mass is 79.9. The van der Waals surface area contributed by atoms with Crippen LogP contribution < -0.4 is 4.74 Å². The highest BCUT2D eigenvalue weighted by Crippen LogP contribution is 2.19. The van der Waals surface area contributed by atoms with Gasteiger partial charge in [0.25, 0.3) is 0 Å². The zero-order valence-corrected chi connectivity index (χ0v) is 6.46. The van der Waals surface area contributed by atoms with Gasteiger partial charge in [-0.05, 0) is 28.1 Å². The maximum Gasteiger partial charge on any atom is 0.423 e. The molecule has 4 heteroatoms. The molecule has 1 aromatic heterocycles. The van der Waals surface area contributed by atoms with Gasteiger partial charge >= 0.3 is 6.47 Å². The van der Waals surface area contributed by atoms with Gasteiger partial charge in [0.15, 0.2) is 5.75 Å². The fraction of sp³-hybridized carbons (Fsp3) is 0. The van der Waals surface area contributed by atoms with Crippen molar-refractivity contribution < 1.29 is 9.53 Å². The summed E-state index contributed by atoms with van der Waals surface area (Å²) in [5.41, 5.74) is 0. The lowest BCUT2D eigenvalue weighted by atomic mass is 10.5. The van der Waals surface area contributed by atoms with Crippen LogP contribution in [0.5, 0.6) is 5.75 Å². The van der Waals surface area contributed by atoms with Gasteiger partial charge in [0, 0.05) is 6.20 Å². The van der Waals surface area contributed by atoms with E-state index in [1.165, 1.54) is 6.47 Å². The Balaban J connectivity index is 2.91. The molecule has 0 N–H and O–H groups in total. The first-order chi connectivity index (χ1) is 4.84. The summed E-state index contributed by atoms with van der Waals surface area (Å²) in [5.74, 6) is 0.373. The zero-order valence-electron chi connectivity index (χ0n) is 4.87. The Hall–Kier alpha value is -0.900. The number of nitrogens with zero attached hydrogens (tertiary/aromatic N) is 1. The Labute approximate surface area is 66.2 Å². The molecule has 0 aromatic carbocycles. The summed E-state index contributed by atoms with van der Waals surface area (Å²) >= 11 is 3.08. The molecule has 0 saturated heterocycles. The van der Waals surface area contributed by atoms with Crippen molar-refractivity contribution in [2.75, 3.05) is 0 Å². The van der Waals surface area contributed by atoms with Crippen LogP contribution in [0.2, 0.25) is 0 Å². The van der Waals surface area contributed by atoms with Crippen molar-refractivity contribution in [1.82, 2.24) is 4.98 Å². The third-order valence-corrected chi connectivity index (χ3v) is 1.47. The number of carbonyl (C=O) groups excluding carboxylic acids is 1. The molecule has 1 rings (SSSR count). The van der Waals surface area contributed by atoms with Crippen molar-refractivity contribution in [2.24, 2.45) is 0 Å². The van der Waals surface area contributed by atoms with Crippen LogP contribution in [0.15, 0.2) is 22.9 Å². The van der Waals surface area contributed by atoms with Gasteiger partial charge in [-0.1, -0.05) is 0 Å². The minimum absolute atomic E-state index is 0.373. The fourth-order valence-electron chi connectivity index (χ4n) is 0.492. The predicted molar refractivity (Wildman–Crippen MR) is 38.3 cm³/mol. The van der Waals surface area contributed by atoms with Gasteiger partial charge in [-0.2, -0.15) is 0 Å². The number of rotatable bonds is 2. The van der Waals surface area contributed by atoms with Gasteiger partial charge in [0.1, 0.15) is 4.60 Å². The van der Waals surface area contributed by atoms with Crippen molar-refractivity contribution in [2.45, 2.75) is 0 Å². The number of pyridine rings is 1. The van der Waals surface area contributed by atoms with Gasteiger partial charge in [-0.3, -0.25) is 0 Å². The van der Waals surface area contributed by atoms with Crippen LogP contribution in [0, 0.1) is 0 Å². The first-order valence-electron chi connectivity index (χ1n) is 2.49. The molecule has 1 heterocycles. The summed E-state index contributed by atoms with van der Waals surface area (Å²) in [6, 6.07) is 3.28. The Kier molecular flexibility index (Phi) is 2.39. The number of hydrogen-bond donors (Lipinski definition) is 0. The van der Waals surface area contributed by atoms with Crippen molar-refractivity contribution in [3.8, 4) is 5.75 Å². The lowest BCUT2D eigenvalue weighted by molar-refractivity contribution is 0.440. The molecular weight excluding hydrogens is 198 g/mol. The molecule has 0 aliphatic rings. The molecule has 1 radical (unpaired) electrons. The molecule has 1 aromatic rings. The summed E-state index contributed by atoms with van der Waals surface area (Å²) in [5, 5.41) is 0. The SMILES string of the molecule is O=[C]Oc1cccnc1Br. The summed E-state index contributed by atoms with van der Waals surface area (Å²) in [6.07, 6.45) is 1.59. The van der Waals surface area contributed by atoms with E-state index in [1.807, 2.05) is 0 Å². The van der Waals surface area contributed by atoms with E-state index in [-0.39, 0.29) is 0 Å². The molecule has 0 saturated carbocycles. The number of halogens is 1. The monoisotopic (exact) mass is 200 g/mol. The van der Waals surface area contributed by atoms with Crippen molar-refractivity contribution in [1.29, 1.82) is 0 Å². The smallest absolute Gasteiger partial charge is 0.415 e. The van der Waals surface area contributed by atoms with Crippen molar-refractivity contribution in [3.05, 3.63) is 22.9 Å². The molecule has 0 unspecified atom stereocenters. The highest BCUT2D eigenvalue weighted by molar-refractivity contribution is 9.10. The van der Waals surface area contributed by atoms with Crippen LogP contribution in [0.25, 0.3) is 0 Å². The van der Waals surface area contributed by atoms with Crippen LogP contribution in [0.4, 0.5) is 0 Å². The first kappa shape index (κ1) is 7.21. The number of aromatic nitrogens is 1. The van der Waals surface area contributed by atoms with Gasteiger partial charge in [0.05, 0.1) is 0 Å². The van der Waals surface area contributed by atoms with Crippen LogP contribution in [0.3, 0.4) is 0 Å². The number of ether oxygens (including phenoxy) is 1. The molecule has 0 atom stereocenters. The third-order valence-electron chi connectivity index (χ3n) is 0.876. The summed E-state index contributed by atoms with van der Waals surface area (Å²) < 4.78 is 4.92. The highest BCUT2D eigenvalue weighted by Gasteiger charge is 1.98. The van der Waals surface area contributed by atoms with Crippen LogP contribution >= 0.6 is 15.9 Å². The van der Waals surface area contributed by atoms with E-state index in [4.69, 9.17) is 0 Å². The van der Waals surface area contributed by atoms with Crippen LogP contribution in [-0.4, -0.2) is 11.5 Å². The maximum absolute atomic E-state index is 9.73. The Bertz CT molecular complexity index is 239. The van der Waals surface area contributed by atoms with Crippen LogP contribution in [0.1, 0.15) is 0 Å². The summed E-state index contributed by atoms with van der Waals surface area (Å²) in [4.78, 5) is 13.5. The van der Waals surface area contributed by atoms with E-state index in [0.29, 0.717) is 10.4 Å². The van der Waals surface area contributed by atoms with E-state index >= 15 is 0 Å². The molecular formula is C6H3BrNO2. The molecule has 0 spiro atoms. The topological polar surface area (TPSA) is 39.2 Å². The maximum atomic E-state index is 9.73. The average Bonchev–Trinajstić information content (AvgIpc) is 1.94. The minimum Gasteiger partial charge on any atom is -0.415 e. The normalized spacial score (nSPS) is 8.90. The lowest BCUT2D eigenvalue weighted by Crippen LogP contribution is -1.89. The van der Waals surface area contributed by atoms with Crippen molar-refractivity contribution in [3.63, 3.8) is 0 Å². The summed E-state index contributed by atoms with van der Waals surface area (Å²) in [7, 11) is 0. The van der Waals surface area contributed by atoms with Crippen LogP contribution in [-0.2, 0) is 4.79 Å². The summed E-state index contributed by atoms with van der Waals surface area (Å²) in [6.45, 7) is 1.30. The van der Waals surface area contributed by atoms with E-state index in [2.05, 4.69) is 25.7 Å². The third kappa shape index (κ3) is 1.54. The predicted octanol–water partition coefficient (Wildman–Crippen LogP) is 1.29. The quantitative estimate of drug-likeness (QED) is 0.676. The standard InChI is InChI=1S/C6H3BrNO2/c7-6-5(10-4-9)2-1-3-8-6/h1-3H. The van der Waals surface area contributed by atoms with E-state index in [0.717, 1.165) is 0 Å². The molecule has 0 bridgehead atoms. The molecule has 0 amide bonds. The average molecular weight is 201 g/mol. The second-order valence-electron chi connectivity index (χ2n) is 1.48. The fourth-order valence-corrected chi connectivity index (χ4v) is 0.824. The van der Waals surface area contributed by atoms with Gasteiger partial charge in [-0.15, -0.1) is 0 Å². The van der Waals surface area contributed by atoms with Gasteiger partial charge in [0.2, 0.25) is 0 Å². The zero-order chi connectivity index (χ0) is 7.40. The van der Waals surface area contributed by atoms with Gasteiger partial charge in [-0.25, -0.2) is 9.78 Å². The van der Waals surface area contributed by atoms with Gasteiger partial charge < -0.3 is 4.74 Å². The number of hydrogen-bond acceptors (Lipinski definition) is 3. The molecule has 0 aliphatic heterocycles. The lowest BCUT2D eigenvalue weighted by Gasteiger charge is -1.95. The first-order valence-corrected chi connectivity index (χ1v) is 3.28. The molecule has 51 valence electrons. The Morgan fingerprint density at radius 1 is 1.70 bits per heavy atom. The Morgan fingerprint density at radius 3 is 3.10 bits per heavy atom. The largest absolute Gasteiger partial charge is 0.423 e. The molecule has 10 heavy (non-hydrogen) atoms.